The first-order valence-corrected chi connectivity index (χ1v) is 5.59. The van der Waals surface area contributed by atoms with Crippen LogP contribution in [0.25, 0.3) is 0 Å². The van der Waals surface area contributed by atoms with Gasteiger partial charge in [0.25, 0.3) is 0 Å². The minimum absolute atomic E-state index is 0.471. The molecule has 8 N–H and O–H groups in total. The topological polar surface area (TPSA) is 193 Å². The Bertz CT molecular complexity index is 361. The van der Waals surface area contributed by atoms with Gasteiger partial charge < -0.3 is 36.6 Å². The fraction of sp³-hybridized carbons (Fsp3) is 0.700. The molecular formula is C10H18N2O8. The van der Waals surface area contributed by atoms with Crippen LogP contribution in [0.4, 0.5) is 0 Å². The third kappa shape index (κ3) is 6.04. The molecule has 0 saturated heterocycles. The molecule has 0 bridgehead atoms. The first-order valence-electron chi connectivity index (χ1n) is 5.59. The Balaban J connectivity index is 4.28. The van der Waals surface area contributed by atoms with Gasteiger partial charge >= 0.3 is 5.97 Å². The summed E-state index contributed by atoms with van der Waals surface area (Å²) in [5.41, 5.74) is 10.0. The number of nitrogens with two attached hydrogens (primary N) is 2. The lowest BCUT2D eigenvalue weighted by atomic mass is 10.1. The highest BCUT2D eigenvalue weighted by atomic mass is 16.5. The van der Waals surface area contributed by atoms with Crippen molar-refractivity contribution in [1.82, 2.24) is 0 Å². The van der Waals surface area contributed by atoms with Gasteiger partial charge in [-0.1, -0.05) is 0 Å². The molecule has 0 rings (SSSR count). The van der Waals surface area contributed by atoms with Gasteiger partial charge in [-0.3, -0.25) is 14.4 Å². The summed E-state index contributed by atoms with van der Waals surface area (Å²) in [6, 6.07) is -1.34. The number of esters is 1. The lowest BCUT2D eigenvalue weighted by Crippen LogP contribution is -2.46. The zero-order valence-electron chi connectivity index (χ0n) is 10.5. The van der Waals surface area contributed by atoms with Gasteiger partial charge in [-0.15, -0.1) is 0 Å². The number of carbonyl (C=O) groups excluding carboxylic acids is 3. The zero-order chi connectivity index (χ0) is 15.9. The number of rotatable bonds is 9. The summed E-state index contributed by atoms with van der Waals surface area (Å²) >= 11 is 0. The number of hydrogen-bond donors (Lipinski definition) is 6. The van der Waals surface area contributed by atoms with Crippen molar-refractivity contribution in [3.8, 4) is 0 Å². The Hall–Kier alpha value is -1.59. The van der Waals surface area contributed by atoms with Crippen molar-refractivity contribution in [1.29, 1.82) is 0 Å². The van der Waals surface area contributed by atoms with Crippen molar-refractivity contribution in [3.05, 3.63) is 0 Å². The van der Waals surface area contributed by atoms with Crippen LogP contribution in [0.15, 0.2) is 0 Å². The molecule has 1 amide bonds. The standard InChI is InChI=1S/C10H18N2O8/c11-4(1-7(12)16)10(19)20-3-6(15)9(18)8(17)5(14)2-13/h4-5,8-9,13-14,17-18H,1-3,11H2,(H2,12,16)/t4-,5+,8+,9+/m0/s1. The van der Waals surface area contributed by atoms with E-state index in [0.717, 1.165) is 0 Å². The Morgan fingerprint density at radius 1 is 1.15 bits per heavy atom. The van der Waals surface area contributed by atoms with Crippen LogP contribution in [0, 0.1) is 0 Å². The number of amides is 1. The largest absolute Gasteiger partial charge is 0.456 e. The van der Waals surface area contributed by atoms with Gasteiger partial charge in [0.05, 0.1) is 13.0 Å². The fourth-order valence-electron chi connectivity index (χ4n) is 1.14. The van der Waals surface area contributed by atoms with Crippen molar-refractivity contribution in [2.24, 2.45) is 11.5 Å². The number of primary amides is 1. The molecule has 0 spiro atoms. The Morgan fingerprint density at radius 3 is 2.15 bits per heavy atom. The van der Waals surface area contributed by atoms with Gasteiger partial charge in [0.2, 0.25) is 11.7 Å². The molecule has 0 aromatic heterocycles. The van der Waals surface area contributed by atoms with Crippen LogP contribution in [0.1, 0.15) is 6.42 Å². The first-order chi connectivity index (χ1) is 9.20. The van der Waals surface area contributed by atoms with Crippen LogP contribution in [-0.4, -0.2) is 75.7 Å². The van der Waals surface area contributed by atoms with Crippen molar-refractivity contribution in [2.45, 2.75) is 30.8 Å². The second kappa shape index (κ2) is 8.55. The van der Waals surface area contributed by atoms with Crippen molar-refractivity contribution >= 4 is 17.7 Å². The average Bonchev–Trinajstić information content (AvgIpc) is 2.40. The van der Waals surface area contributed by atoms with E-state index in [-0.39, 0.29) is 0 Å². The minimum Gasteiger partial charge on any atom is -0.456 e. The van der Waals surface area contributed by atoms with Gasteiger partial charge in [0.15, 0.2) is 6.61 Å². The molecule has 0 fully saturated rings. The lowest BCUT2D eigenvalue weighted by molar-refractivity contribution is -0.156. The van der Waals surface area contributed by atoms with Crippen molar-refractivity contribution in [2.75, 3.05) is 13.2 Å². The van der Waals surface area contributed by atoms with E-state index in [9.17, 15) is 24.6 Å². The molecule has 0 aliphatic heterocycles. The number of aliphatic hydroxyl groups excluding tert-OH is 4. The molecule has 0 aromatic rings. The highest BCUT2D eigenvalue weighted by Gasteiger charge is 2.30. The highest BCUT2D eigenvalue weighted by Crippen LogP contribution is 2.02. The number of aliphatic hydroxyl groups is 4. The third-order valence-electron chi connectivity index (χ3n) is 2.32. The predicted octanol–water partition coefficient (Wildman–Crippen LogP) is -4.62. The van der Waals surface area contributed by atoms with E-state index >= 15 is 0 Å². The van der Waals surface area contributed by atoms with Gasteiger partial charge in [-0.05, 0) is 0 Å². The molecule has 0 aliphatic rings. The predicted molar refractivity (Wildman–Crippen MR) is 62.9 cm³/mol. The number of ether oxygens (including phenoxy) is 1. The van der Waals surface area contributed by atoms with E-state index in [1.54, 1.807) is 0 Å². The van der Waals surface area contributed by atoms with Crippen LogP contribution in [0.3, 0.4) is 0 Å². The first kappa shape index (κ1) is 18.4. The van der Waals surface area contributed by atoms with Gasteiger partial charge in [0.1, 0.15) is 24.4 Å². The van der Waals surface area contributed by atoms with E-state index in [2.05, 4.69) is 4.74 Å². The summed E-state index contributed by atoms with van der Waals surface area (Å²) in [5.74, 6) is -3.02. The van der Waals surface area contributed by atoms with Crippen LogP contribution in [-0.2, 0) is 19.1 Å². The average molecular weight is 294 g/mol. The molecule has 0 unspecified atom stereocenters. The van der Waals surface area contributed by atoms with Crippen LogP contribution in [0.2, 0.25) is 0 Å². The number of Topliss-reactive ketones (excluding diaryl/α,β-unsaturated/α-hetero) is 1. The quantitative estimate of drug-likeness (QED) is 0.227. The molecule has 0 aromatic carbocycles. The van der Waals surface area contributed by atoms with E-state index in [1.165, 1.54) is 0 Å². The zero-order valence-corrected chi connectivity index (χ0v) is 10.5. The number of ketones is 1. The maximum absolute atomic E-state index is 11.3. The summed E-state index contributed by atoms with van der Waals surface area (Å²) in [7, 11) is 0. The van der Waals surface area contributed by atoms with E-state index in [0.29, 0.717) is 0 Å². The molecule has 10 heteroatoms. The Labute approximate surface area is 113 Å². The SMILES string of the molecule is NC(=O)C[C@H](N)C(=O)OCC(=O)[C@@H](O)[C@H](O)[C@H](O)CO. The minimum atomic E-state index is -2.04. The number of carbonyl (C=O) groups is 3. The molecule has 4 atom stereocenters. The van der Waals surface area contributed by atoms with Gasteiger partial charge in [-0.2, -0.15) is 0 Å². The summed E-state index contributed by atoms with van der Waals surface area (Å²) in [6.45, 7) is -1.78. The fourth-order valence-corrected chi connectivity index (χ4v) is 1.14. The molecule has 0 saturated carbocycles. The molecule has 10 nitrogen and oxygen atoms in total. The molecule has 20 heavy (non-hydrogen) atoms. The maximum atomic E-state index is 11.3. The second-order valence-electron chi connectivity index (χ2n) is 4.04. The van der Waals surface area contributed by atoms with Gasteiger partial charge in [0, 0.05) is 0 Å². The molecular weight excluding hydrogens is 276 g/mol. The summed E-state index contributed by atoms with van der Waals surface area (Å²) in [5, 5.41) is 36.1. The summed E-state index contributed by atoms with van der Waals surface area (Å²) in [6.07, 6.45) is -6.16. The van der Waals surface area contributed by atoms with Crippen LogP contribution >= 0.6 is 0 Å². The van der Waals surface area contributed by atoms with Crippen molar-refractivity contribution in [3.63, 3.8) is 0 Å². The summed E-state index contributed by atoms with van der Waals surface area (Å²) < 4.78 is 4.41. The lowest BCUT2D eigenvalue weighted by Gasteiger charge is -2.20. The molecule has 0 aliphatic carbocycles. The molecule has 0 heterocycles. The van der Waals surface area contributed by atoms with Crippen molar-refractivity contribution < 1.29 is 39.5 Å². The van der Waals surface area contributed by atoms with E-state index < -0.39 is 61.6 Å². The summed E-state index contributed by atoms with van der Waals surface area (Å²) in [4.78, 5) is 33.1. The normalized spacial score (nSPS) is 16.9. The van der Waals surface area contributed by atoms with E-state index in [4.69, 9.17) is 21.7 Å². The highest BCUT2D eigenvalue weighted by molar-refractivity contribution is 5.88. The van der Waals surface area contributed by atoms with Gasteiger partial charge in [-0.25, -0.2) is 0 Å². The Morgan fingerprint density at radius 2 is 1.70 bits per heavy atom. The number of hydrogen-bond acceptors (Lipinski definition) is 9. The monoisotopic (exact) mass is 294 g/mol. The van der Waals surface area contributed by atoms with Crippen LogP contribution in [0.5, 0.6) is 0 Å². The molecule has 0 radical (unpaired) electrons. The van der Waals surface area contributed by atoms with E-state index in [1.807, 2.05) is 0 Å². The second-order valence-corrected chi connectivity index (χ2v) is 4.04. The van der Waals surface area contributed by atoms with Crippen LogP contribution < -0.4 is 11.5 Å². The Kier molecular flexibility index (Phi) is 7.87. The maximum Gasteiger partial charge on any atom is 0.323 e. The molecule has 116 valence electrons. The third-order valence-corrected chi connectivity index (χ3v) is 2.32. The smallest absolute Gasteiger partial charge is 0.323 e.